The van der Waals surface area contributed by atoms with Crippen LogP contribution in [-0.4, -0.2) is 5.84 Å². The van der Waals surface area contributed by atoms with E-state index in [2.05, 4.69) is 12.1 Å². The number of nitrogen functional groups attached to an aromatic ring is 1. The number of fused-ring (bicyclic) bond motifs is 1. The fourth-order valence-corrected chi connectivity index (χ4v) is 2.72. The number of amidine groups is 1. The van der Waals surface area contributed by atoms with Crippen molar-refractivity contribution >= 4 is 5.84 Å². The molecule has 0 atom stereocenters. The molecule has 0 amide bonds. The lowest BCUT2D eigenvalue weighted by atomic mass is 10.1. The minimum Gasteiger partial charge on any atom is -0.489 e. The Morgan fingerprint density at radius 2 is 1.95 bits per heavy atom. The fraction of sp³-hybridized carbons (Fsp3) is 0.235. The van der Waals surface area contributed by atoms with E-state index < -0.39 is 5.82 Å². The molecule has 0 fully saturated rings. The van der Waals surface area contributed by atoms with E-state index in [0.29, 0.717) is 11.1 Å². The van der Waals surface area contributed by atoms with Crippen LogP contribution in [0.4, 0.5) is 4.39 Å². The molecule has 1 aliphatic carbocycles. The summed E-state index contributed by atoms with van der Waals surface area (Å²) < 4.78 is 19.0. The van der Waals surface area contributed by atoms with Gasteiger partial charge in [-0.1, -0.05) is 12.1 Å². The SMILES string of the molecule is N=C(N)c1cc(F)ccc1COc1ccc2c(c1)CCC2. The highest BCUT2D eigenvalue weighted by atomic mass is 19.1. The molecule has 1 aliphatic rings. The number of aryl methyl sites for hydroxylation is 2. The molecule has 3 rings (SSSR count). The maximum absolute atomic E-state index is 13.2. The van der Waals surface area contributed by atoms with E-state index in [4.69, 9.17) is 15.9 Å². The fourth-order valence-electron chi connectivity index (χ4n) is 2.72. The third-order valence-electron chi connectivity index (χ3n) is 3.83. The van der Waals surface area contributed by atoms with Crippen LogP contribution in [0.2, 0.25) is 0 Å². The van der Waals surface area contributed by atoms with E-state index in [1.807, 2.05) is 6.07 Å². The maximum Gasteiger partial charge on any atom is 0.123 e. The van der Waals surface area contributed by atoms with E-state index in [-0.39, 0.29) is 12.4 Å². The van der Waals surface area contributed by atoms with Gasteiger partial charge in [-0.15, -0.1) is 0 Å². The van der Waals surface area contributed by atoms with Crippen LogP contribution in [0, 0.1) is 11.2 Å². The predicted molar refractivity (Wildman–Crippen MR) is 80.2 cm³/mol. The lowest BCUT2D eigenvalue weighted by molar-refractivity contribution is 0.305. The van der Waals surface area contributed by atoms with Crippen LogP contribution >= 0.6 is 0 Å². The van der Waals surface area contributed by atoms with Gasteiger partial charge in [0, 0.05) is 11.1 Å². The molecule has 0 saturated heterocycles. The summed E-state index contributed by atoms with van der Waals surface area (Å²) in [6.45, 7) is 0.272. The van der Waals surface area contributed by atoms with E-state index in [1.54, 1.807) is 6.07 Å². The van der Waals surface area contributed by atoms with Crippen molar-refractivity contribution in [2.24, 2.45) is 5.73 Å². The summed E-state index contributed by atoms with van der Waals surface area (Å²) in [7, 11) is 0. The summed E-state index contributed by atoms with van der Waals surface area (Å²) in [6.07, 6.45) is 3.44. The molecular formula is C17H17FN2O. The van der Waals surface area contributed by atoms with Crippen molar-refractivity contribution in [3.63, 3.8) is 0 Å². The number of nitrogens with two attached hydrogens (primary N) is 1. The van der Waals surface area contributed by atoms with Gasteiger partial charge in [0.2, 0.25) is 0 Å². The number of rotatable bonds is 4. The van der Waals surface area contributed by atoms with Gasteiger partial charge in [0.05, 0.1) is 0 Å². The lowest BCUT2D eigenvalue weighted by Crippen LogP contribution is -2.15. The highest BCUT2D eigenvalue weighted by molar-refractivity contribution is 5.96. The van der Waals surface area contributed by atoms with E-state index in [9.17, 15) is 4.39 Å². The van der Waals surface area contributed by atoms with E-state index in [0.717, 1.165) is 18.6 Å². The molecular weight excluding hydrogens is 267 g/mol. The van der Waals surface area contributed by atoms with Crippen molar-refractivity contribution in [2.45, 2.75) is 25.9 Å². The van der Waals surface area contributed by atoms with Crippen molar-refractivity contribution in [3.8, 4) is 5.75 Å². The quantitative estimate of drug-likeness (QED) is 0.669. The van der Waals surface area contributed by atoms with Gasteiger partial charge >= 0.3 is 0 Å². The largest absolute Gasteiger partial charge is 0.489 e. The van der Waals surface area contributed by atoms with Gasteiger partial charge in [-0.3, -0.25) is 5.41 Å². The standard InChI is InChI=1S/C17H17FN2O/c18-14-6-4-13(16(9-14)17(19)20)10-21-15-7-5-11-2-1-3-12(11)8-15/h4-9H,1-3,10H2,(H3,19,20). The molecule has 0 aliphatic heterocycles. The molecule has 2 aromatic carbocycles. The first-order chi connectivity index (χ1) is 10.1. The Morgan fingerprint density at radius 3 is 2.76 bits per heavy atom. The van der Waals surface area contributed by atoms with Crippen LogP contribution in [0.1, 0.15) is 28.7 Å². The van der Waals surface area contributed by atoms with Crippen molar-refractivity contribution in [2.75, 3.05) is 0 Å². The second-order valence-corrected chi connectivity index (χ2v) is 5.29. The molecule has 0 spiro atoms. The van der Waals surface area contributed by atoms with E-state index >= 15 is 0 Å². The number of halogens is 1. The number of hydrogen-bond acceptors (Lipinski definition) is 2. The third-order valence-corrected chi connectivity index (χ3v) is 3.83. The van der Waals surface area contributed by atoms with Crippen LogP contribution in [0.15, 0.2) is 36.4 Å². The lowest BCUT2D eigenvalue weighted by Gasteiger charge is -2.11. The van der Waals surface area contributed by atoms with Crippen molar-refractivity contribution in [3.05, 3.63) is 64.5 Å². The molecule has 0 aromatic heterocycles. The third kappa shape index (κ3) is 2.89. The predicted octanol–water partition coefficient (Wildman–Crippen LogP) is 3.18. The van der Waals surface area contributed by atoms with Crippen molar-refractivity contribution in [1.82, 2.24) is 0 Å². The Balaban J connectivity index is 1.77. The Labute approximate surface area is 123 Å². The minimum atomic E-state index is -0.401. The number of hydrogen-bond donors (Lipinski definition) is 2. The molecule has 0 bridgehead atoms. The Bertz CT molecular complexity index is 697. The number of nitrogens with one attached hydrogen (secondary N) is 1. The zero-order chi connectivity index (χ0) is 14.8. The summed E-state index contributed by atoms with van der Waals surface area (Å²) in [6, 6.07) is 10.4. The van der Waals surface area contributed by atoms with E-state index in [1.165, 1.54) is 29.7 Å². The van der Waals surface area contributed by atoms with Gasteiger partial charge in [0.15, 0.2) is 0 Å². The average molecular weight is 284 g/mol. The van der Waals surface area contributed by atoms with Crippen LogP contribution in [-0.2, 0) is 19.4 Å². The summed E-state index contributed by atoms with van der Waals surface area (Å²) in [5.41, 5.74) is 9.33. The Hall–Kier alpha value is -2.36. The monoisotopic (exact) mass is 284 g/mol. The molecule has 2 aromatic rings. The van der Waals surface area contributed by atoms with Crippen LogP contribution < -0.4 is 10.5 Å². The average Bonchev–Trinajstić information content (AvgIpc) is 2.93. The highest BCUT2D eigenvalue weighted by Gasteiger charge is 2.12. The van der Waals surface area contributed by atoms with Gasteiger partial charge in [0.25, 0.3) is 0 Å². The van der Waals surface area contributed by atoms with Crippen molar-refractivity contribution in [1.29, 1.82) is 5.41 Å². The molecule has 0 saturated carbocycles. The molecule has 0 heterocycles. The molecule has 108 valence electrons. The van der Waals surface area contributed by atoms with Gasteiger partial charge in [0.1, 0.15) is 24.0 Å². The van der Waals surface area contributed by atoms with Gasteiger partial charge in [-0.05, 0) is 54.7 Å². The summed E-state index contributed by atoms with van der Waals surface area (Å²) >= 11 is 0. The second-order valence-electron chi connectivity index (χ2n) is 5.29. The molecule has 0 radical (unpaired) electrons. The summed E-state index contributed by atoms with van der Waals surface area (Å²) in [5.74, 6) is 0.248. The zero-order valence-electron chi connectivity index (χ0n) is 11.7. The van der Waals surface area contributed by atoms with Gasteiger partial charge in [-0.25, -0.2) is 4.39 Å². The maximum atomic E-state index is 13.2. The molecule has 3 N–H and O–H groups in total. The van der Waals surface area contributed by atoms with Gasteiger partial charge in [-0.2, -0.15) is 0 Å². The Kier molecular flexibility index (Phi) is 3.60. The molecule has 0 unspecified atom stereocenters. The van der Waals surface area contributed by atoms with Crippen LogP contribution in [0.5, 0.6) is 5.75 Å². The number of benzene rings is 2. The Morgan fingerprint density at radius 1 is 1.14 bits per heavy atom. The summed E-state index contributed by atoms with van der Waals surface area (Å²) in [4.78, 5) is 0. The first-order valence-corrected chi connectivity index (χ1v) is 7.01. The first kappa shape index (κ1) is 13.6. The number of ether oxygens (including phenoxy) is 1. The van der Waals surface area contributed by atoms with Crippen LogP contribution in [0.25, 0.3) is 0 Å². The van der Waals surface area contributed by atoms with Crippen LogP contribution in [0.3, 0.4) is 0 Å². The molecule has 3 nitrogen and oxygen atoms in total. The second kappa shape index (κ2) is 5.56. The first-order valence-electron chi connectivity index (χ1n) is 7.01. The zero-order valence-corrected chi connectivity index (χ0v) is 11.7. The minimum absolute atomic E-state index is 0.151. The normalized spacial score (nSPS) is 13.0. The van der Waals surface area contributed by atoms with Gasteiger partial charge < -0.3 is 10.5 Å². The summed E-state index contributed by atoms with van der Waals surface area (Å²) in [5, 5.41) is 7.51. The van der Waals surface area contributed by atoms with Crippen molar-refractivity contribution < 1.29 is 9.13 Å². The smallest absolute Gasteiger partial charge is 0.123 e. The topological polar surface area (TPSA) is 59.1 Å². The molecule has 21 heavy (non-hydrogen) atoms. The molecule has 4 heteroatoms. The highest BCUT2D eigenvalue weighted by Crippen LogP contribution is 2.26.